The molecule has 11 heavy (non-hydrogen) atoms. The Labute approximate surface area is 87.5 Å². The van der Waals surface area contributed by atoms with Gasteiger partial charge in [-0.2, -0.15) is 0 Å². The number of nitrogens with one attached hydrogen (secondary N) is 1. The molecule has 0 aliphatic rings. The topological polar surface area (TPSA) is 12.0 Å². The van der Waals surface area contributed by atoms with E-state index in [1.54, 1.807) is 0 Å². The Bertz CT molecular complexity index is 225. The second-order valence-electron chi connectivity index (χ2n) is 1.78. The quantitative estimate of drug-likeness (QED) is 0.451. The fraction of sp³-hybridized carbons (Fsp3) is 0. The fourth-order valence-corrected chi connectivity index (χ4v) is 0.875. The minimum absolute atomic E-state index is 0. The van der Waals surface area contributed by atoms with Crippen LogP contribution < -0.4 is 5.32 Å². The van der Waals surface area contributed by atoms with Gasteiger partial charge in [-0.3, -0.25) is 0 Å². The van der Waals surface area contributed by atoms with Gasteiger partial charge in [-0.1, -0.05) is 22.5 Å². The van der Waals surface area contributed by atoms with Crippen molar-refractivity contribution in [3.05, 3.63) is 30.3 Å². The second kappa shape index (κ2) is 5.49. The molecule has 0 saturated heterocycles. The molecule has 0 spiro atoms. The molecule has 0 radical (unpaired) electrons. The fourth-order valence-electron chi connectivity index (χ4n) is 0.639. The Balaban J connectivity index is 0.000001000. The van der Waals surface area contributed by atoms with Crippen LogP contribution in [0.3, 0.4) is 0 Å². The van der Waals surface area contributed by atoms with Crippen LogP contribution in [0, 0.1) is 0 Å². The Kier molecular flexibility index (Phi) is 5.42. The zero-order chi connectivity index (χ0) is 7.40. The Hall–Kier alpha value is -0.151. The third-order valence-electron chi connectivity index (χ3n) is 1.02. The van der Waals surface area contributed by atoms with Gasteiger partial charge in [-0.05, 0) is 12.1 Å². The zero-order valence-electron chi connectivity index (χ0n) is 5.50. The molecule has 1 aromatic rings. The third-order valence-corrected chi connectivity index (χ3v) is 1.22. The molecule has 0 saturated carbocycles. The molecular formula is C7H6CuNS2. The molecule has 0 heterocycles. The minimum atomic E-state index is 0. The molecule has 62 valence electrons. The van der Waals surface area contributed by atoms with Gasteiger partial charge in [0, 0.05) is 5.69 Å². The van der Waals surface area contributed by atoms with Crippen molar-refractivity contribution in [3.63, 3.8) is 0 Å². The number of hydrogen-bond acceptors (Lipinski definition) is 2. The van der Waals surface area contributed by atoms with Gasteiger partial charge in [-0.25, -0.2) is 0 Å². The second-order valence-corrected chi connectivity index (χ2v) is 2.85. The summed E-state index contributed by atoms with van der Waals surface area (Å²) in [6, 6.07) is 9.63. The van der Waals surface area contributed by atoms with Crippen LogP contribution in [0.5, 0.6) is 0 Å². The maximum absolute atomic E-state index is 4.68. The van der Waals surface area contributed by atoms with E-state index in [2.05, 4.69) is 30.2 Å². The average molecular weight is 232 g/mol. The molecule has 4 heteroatoms. The molecule has 0 bridgehead atoms. The normalized spacial score (nSPS) is 8.00. The van der Waals surface area contributed by atoms with Gasteiger partial charge >= 0.3 is 17.1 Å². The first-order chi connectivity index (χ1) is 4.79. The largest absolute Gasteiger partial charge is 1.00 e. The predicted octanol–water partition coefficient (Wildman–Crippen LogP) is 1.93. The van der Waals surface area contributed by atoms with Crippen molar-refractivity contribution < 1.29 is 17.1 Å². The summed E-state index contributed by atoms with van der Waals surface area (Å²) in [6.45, 7) is 0. The van der Waals surface area contributed by atoms with Crippen molar-refractivity contribution >= 4 is 34.9 Å². The van der Waals surface area contributed by atoms with E-state index < -0.39 is 0 Å². The summed E-state index contributed by atoms with van der Waals surface area (Å²) >= 11 is 9.36. The van der Waals surface area contributed by atoms with Crippen LogP contribution in [0.15, 0.2) is 30.3 Å². The van der Waals surface area contributed by atoms with Gasteiger partial charge in [0.05, 0.1) is 0 Å². The SMILES string of the molecule is S=C([S-])Nc1ccccc1.[Cu+]. The summed E-state index contributed by atoms with van der Waals surface area (Å²) in [4.78, 5) is 0. The van der Waals surface area contributed by atoms with Crippen LogP contribution >= 0.6 is 12.2 Å². The number of benzene rings is 1. The van der Waals surface area contributed by atoms with E-state index in [9.17, 15) is 0 Å². The molecule has 0 unspecified atom stereocenters. The molecule has 0 amide bonds. The van der Waals surface area contributed by atoms with Crippen LogP contribution in [0.4, 0.5) is 5.69 Å². The summed E-state index contributed by atoms with van der Waals surface area (Å²) in [5.41, 5.74) is 0.947. The molecule has 1 rings (SSSR count). The van der Waals surface area contributed by atoms with Crippen molar-refractivity contribution in [2.75, 3.05) is 5.32 Å². The molecule has 0 aromatic heterocycles. The first-order valence-corrected chi connectivity index (χ1v) is 3.64. The summed E-state index contributed by atoms with van der Waals surface area (Å²) in [5.74, 6) is 0. The van der Waals surface area contributed by atoms with Gasteiger partial charge in [0.25, 0.3) is 0 Å². The van der Waals surface area contributed by atoms with E-state index in [1.807, 2.05) is 30.3 Å². The summed E-state index contributed by atoms with van der Waals surface area (Å²) in [6.07, 6.45) is 0. The molecule has 1 nitrogen and oxygen atoms in total. The molecule has 1 aromatic carbocycles. The van der Waals surface area contributed by atoms with Crippen molar-refractivity contribution in [2.24, 2.45) is 0 Å². The molecule has 0 aliphatic heterocycles. The van der Waals surface area contributed by atoms with Gasteiger partial charge in [0.2, 0.25) is 0 Å². The monoisotopic (exact) mass is 231 g/mol. The van der Waals surface area contributed by atoms with E-state index >= 15 is 0 Å². The third kappa shape index (κ3) is 4.32. The van der Waals surface area contributed by atoms with E-state index in [-0.39, 0.29) is 17.1 Å². The van der Waals surface area contributed by atoms with Crippen molar-refractivity contribution in [1.82, 2.24) is 0 Å². The maximum atomic E-state index is 4.68. The molecule has 1 N–H and O–H groups in total. The first kappa shape index (κ1) is 10.8. The summed E-state index contributed by atoms with van der Waals surface area (Å²) < 4.78 is 0.381. The molecule has 0 aliphatic carbocycles. The van der Waals surface area contributed by atoms with Gasteiger partial charge in [-0.15, -0.1) is 0 Å². The van der Waals surface area contributed by atoms with Crippen molar-refractivity contribution in [3.8, 4) is 0 Å². The van der Waals surface area contributed by atoms with E-state index in [1.165, 1.54) is 0 Å². The van der Waals surface area contributed by atoms with Crippen molar-refractivity contribution in [2.45, 2.75) is 0 Å². The van der Waals surface area contributed by atoms with Gasteiger partial charge in [0.1, 0.15) is 0 Å². The Morgan fingerprint density at radius 3 is 2.27 bits per heavy atom. The van der Waals surface area contributed by atoms with Gasteiger partial charge in [0.15, 0.2) is 0 Å². The Morgan fingerprint density at radius 1 is 1.27 bits per heavy atom. The van der Waals surface area contributed by atoms with Gasteiger partial charge < -0.3 is 30.2 Å². The van der Waals surface area contributed by atoms with E-state index in [4.69, 9.17) is 0 Å². The summed E-state index contributed by atoms with van der Waals surface area (Å²) in [5, 5.41) is 2.85. The predicted molar refractivity (Wildman–Crippen MR) is 50.0 cm³/mol. The number of thiocarbonyl (C=S) groups is 1. The van der Waals surface area contributed by atoms with Crippen LogP contribution in [0.25, 0.3) is 0 Å². The smallest absolute Gasteiger partial charge is 0.411 e. The van der Waals surface area contributed by atoms with Crippen molar-refractivity contribution in [1.29, 1.82) is 0 Å². The average Bonchev–Trinajstić information content (AvgIpc) is 1.88. The number of rotatable bonds is 1. The first-order valence-electron chi connectivity index (χ1n) is 2.82. The van der Waals surface area contributed by atoms with E-state index in [0.717, 1.165) is 5.69 Å². The molecule has 0 atom stereocenters. The standard InChI is InChI=1S/C7H7NS2.Cu/c9-7(10)8-6-4-2-1-3-5-6;/h1-5H,(H2,8,9,10);/q;+1/p-1. The van der Waals surface area contributed by atoms with E-state index in [0.29, 0.717) is 4.32 Å². The van der Waals surface area contributed by atoms with Crippen LogP contribution in [-0.2, 0) is 29.7 Å². The number of anilines is 1. The summed E-state index contributed by atoms with van der Waals surface area (Å²) in [7, 11) is 0. The minimum Gasteiger partial charge on any atom is -0.411 e. The Morgan fingerprint density at radius 2 is 1.82 bits per heavy atom. The maximum Gasteiger partial charge on any atom is 1.00 e. The molecule has 0 fully saturated rings. The zero-order valence-corrected chi connectivity index (χ0v) is 8.08. The van der Waals surface area contributed by atoms with Crippen LogP contribution in [0.1, 0.15) is 0 Å². The van der Waals surface area contributed by atoms with Crippen LogP contribution in [0.2, 0.25) is 0 Å². The van der Waals surface area contributed by atoms with Crippen LogP contribution in [-0.4, -0.2) is 4.32 Å². The number of para-hydroxylation sites is 1. The molecular weight excluding hydrogens is 226 g/mol. The number of hydrogen-bond donors (Lipinski definition) is 1.